The minimum atomic E-state index is -0.710. The summed E-state index contributed by atoms with van der Waals surface area (Å²) in [5, 5.41) is 1.90. The van der Waals surface area contributed by atoms with Crippen molar-refractivity contribution < 1.29 is 18.8 Å². The lowest BCUT2D eigenvalue weighted by molar-refractivity contribution is -0.132. The van der Waals surface area contributed by atoms with Gasteiger partial charge in [-0.05, 0) is 65.1 Å². The Morgan fingerprint density at radius 3 is 1.81 bits per heavy atom. The Kier molecular flexibility index (Phi) is 11.2. The highest BCUT2D eigenvalue weighted by Gasteiger charge is 2.36. The van der Waals surface area contributed by atoms with Crippen LogP contribution in [0, 0.1) is 0 Å². The Hall–Kier alpha value is -6.30. The first-order chi connectivity index (χ1) is 29.0. The molecule has 5 heterocycles. The number of hydrogen-bond acceptors (Lipinski definition) is 8. The van der Waals surface area contributed by atoms with Crippen LogP contribution in [0.5, 0.6) is 0 Å². The molecule has 0 bridgehead atoms. The van der Waals surface area contributed by atoms with E-state index in [1.165, 1.54) is 18.7 Å². The molecule has 2 saturated heterocycles. The van der Waals surface area contributed by atoms with Gasteiger partial charge in [0.25, 0.3) is 5.91 Å². The third kappa shape index (κ3) is 8.35. The fourth-order valence-corrected chi connectivity index (χ4v) is 10.2. The molecule has 0 spiro atoms. The summed E-state index contributed by atoms with van der Waals surface area (Å²) in [6, 6.07) is 37.9. The average Bonchev–Trinajstić information content (AvgIpc) is 4.14. The number of thiazole rings is 2. The zero-order valence-corrected chi connectivity index (χ0v) is 33.9. The van der Waals surface area contributed by atoms with Gasteiger partial charge in [0, 0.05) is 31.7 Å². The number of aromatic nitrogens is 2. The number of benzene rings is 4. The van der Waals surface area contributed by atoms with Crippen LogP contribution in [0.25, 0.3) is 32.0 Å². The monoisotopic (exact) mass is 815 g/mol. The maximum absolute atomic E-state index is 14.2. The van der Waals surface area contributed by atoms with Crippen molar-refractivity contribution in [3.05, 3.63) is 167 Å². The van der Waals surface area contributed by atoms with Crippen LogP contribution in [-0.4, -0.2) is 56.8 Å². The smallest absolute Gasteiger partial charge is 0.279 e. The quantitative estimate of drug-likeness (QED) is 0.120. The minimum Gasteiger partial charge on any atom is -0.472 e. The SMILES string of the molecule is O=C(N=CC(C(=O)N1CCC[C@H]1c1ncc(-c2ccc(-c3ccc(-c4cnc(C5CCCN5C(=O)Cc5ccccc5)s4)cc3)cc2)s1)c1ccccc1)c1ccoc1. The summed E-state index contributed by atoms with van der Waals surface area (Å²) >= 11 is 3.29. The first kappa shape index (κ1) is 38.2. The molecular formula is C48H41N5O4S2. The molecule has 9 nitrogen and oxygen atoms in total. The molecule has 2 fully saturated rings. The van der Waals surface area contributed by atoms with Crippen LogP contribution in [0.3, 0.4) is 0 Å². The summed E-state index contributed by atoms with van der Waals surface area (Å²) in [4.78, 5) is 59.9. The Morgan fingerprint density at radius 2 is 1.24 bits per heavy atom. The maximum Gasteiger partial charge on any atom is 0.279 e. The fraction of sp³-hybridized carbons (Fsp3) is 0.208. The van der Waals surface area contributed by atoms with Gasteiger partial charge in [0.2, 0.25) is 11.8 Å². The number of nitrogens with zero attached hydrogens (tertiary/aromatic N) is 5. The van der Waals surface area contributed by atoms with Crippen molar-refractivity contribution in [1.29, 1.82) is 0 Å². The van der Waals surface area contributed by atoms with Gasteiger partial charge < -0.3 is 14.2 Å². The van der Waals surface area contributed by atoms with Gasteiger partial charge in [0.1, 0.15) is 16.3 Å². The van der Waals surface area contributed by atoms with Crippen LogP contribution >= 0.6 is 22.7 Å². The molecular weight excluding hydrogens is 775 g/mol. The van der Waals surface area contributed by atoms with Gasteiger partial charge in [-0.2, -0.15) is 0 Å². The van der Waals surface area contributed by atoms with Crippen molar-refractivity contribution in [2.75, 3.05) is 13.1 Å². The molecule has 0 saturated carbocycles. The van der Waals surface area contributed by atoms with E-state index < -0.39 is 11.8 Å². The number of carbonyl (C=O) groups excluding carboxylic acids is 3. The fourth-order valence-electron chi connectivity index (χ4n) is 8.02. The van der Waals surface area contributed by atoms with E-state index in [0.29, 0.717) is 18.5 Å². The number of carbonyl (C=O) groups is 3. The normalized spacial score (nSPS) is 17.2. The van der Waals surface area contributed by atoms with E-state index in [1.807, 2.05) is 82.9 Å². The van der Waals surface area contributed by atoms with Crippen LogP contribution in [0.1, 0.15) is 75.2 Å². The van der Waals surface area contributed by atoms with Crippen molar-refractivity contribution in [2.24, 2.45) is 4.99 Å². The molecule has 0 aliphatic carbocycles. The summed E-state index contributed by atoms with van der Waals surface area (Å²) in [5.74, 6) is -1.11. The standard InChI is InChI=1S/C48H41N5O4S2/c54-44(27-32-9-3-1-4-10-32)52-24-7-13-40(52)46-50-29-42(58-46)36-19-15-33(16-20-36)34-17-21-37(22-18-34)43-30-51-47(59-43)41-14-8-25-53(41)48(56)39(35-11-5-2-6-12-35)28-49-45(55)38-23-26-57-31-38/h1-6,9-12,15-23,26,28-31,39-41H,7-8,13-14,24-25,27H2/t39?,40?,41-/m0/s1. The third-order valence-electron chi connectivity index (χ3n) is 11.1. The lowest BCUT2D eigenvalue weighted by Gasteiger charge is -2.26. The number of likely N-dealkylation sites (tertiary alicyclic amines) is 2. The van der Waals surface area contributed by atoms with E-state index in [4.69, 9.17) is 14.4 Å². The molecule has 9 rings (SSSR count). The third-order valence-corrected chi connectivity index (χ3v) is 13.4. The van der Waals surface area contributed by atoms with Gasteiger partial charge in [-0.1, -0.05) is 109 Å². The van der Waals surface area contributed by atoms with Crippen LogP contribution in [0.4, 0.5) is 0 Å². The molecule has 2 aliphatic heterocycles. The van der Waals surface area contributed by atoms with E-state index >= 15 is 0 Å². The van der Waals surface area contributed by atoms with Crippen molar-refractivity contribution in [3.63, 3.8) is 0 Å². The van der Waals surface area contributed by atoms with Crippen molar-refractivity contribution in [3.8, 4) is 32.0 Å². The Bertz CT molecular complexity index is 2570. The molecule has 294 valence electrons. The van der Waals surface area contributed by atoms with Crippen molar-refractivity contribution >= 4 is 46.6 Å². The first-order valence-corrected chi connectivity index (χ1v) is 21.5. The maximum atomic E-state index is 14.2. The molecule has 3 atom stereocenters. The molecule has 3 amide bonds. The van der Waals surface area contributed by atoms with Gasteiger partial charge in [0.15, 0.2) is 0 Å². The number of hydrogen-bond donors (Lipinski definition) is 0. The van der Waals surface area contributed by atoms with E-state index in [2.05, 4.69) is 53.5 Å². The number of furan rings is 1. The van der Waals surface area contributed by atoms with E-state index in [0.717, 1.165) is 85.4 Å². The summed E-state index contributed by atoms with van der Waals surface area (Å²) in [6.45, 7) is 1.38. The van der Waals surface area contributed by atoms with Crippen molar-refractivity contribution in [2.45, 2.75) is 50.1 Å². The zero-order valence-electron chi connectivity index (χ0n) is 32.2. The minimum absolute atomic E-state index is 0.0285. The molecule has 0 N–H and O–H groups in total. The molecule has 11 heteroatoms. The molecule has 7 aromatic rings. The summed E-state index contributed by atoms with van der Waals surface area (Å²) in [7, 11) is 0. The topological polar surface area (TPSA) is 109 Å². The second-order valence-corrected chi connectivity index (χ2v) is 17.0. The highest BCUT2D eigenvalue weighted by Crippen LogP contribution is 2.40. The van der Waals surface area contributed by atoms with E-state index in [9.17, 15) is 14.4 Å². The molecule has 2 aliphatic rings. The first-order valence-electron chi connectivity index (χ1n) is 19.9. The number of rotatable bonds is 11. The lowest BCUT2D eigenvalue weighted by Crippen LogP contribution is -2.35. The van der Waals surface area contributed by atoms with Gasteiger partial charge in [-0.3, -0.25) is 14.4 Å². The highest BCUT2D eigenvalue weighted by atomic mass is 32.1. The average molecular weight is 816 g/mol. The predicted octanol–water partition coefficient (Wildman–Crippen LogP) is 10.5. The largest absolute Gasteiger partial charge is 0.472 e. The number of aliphatic imine (C=N–C) groups is 1. The van der Waals surface area contributed by atoms with Crippen LogP contribution in [-0.2, 0) is 16.0 Å². The Morgan fingerprint density at radius 1 is 0.695 bits per heavy atom. The zero-order chi connectivity index (χ0) is 40.1. The molecule has 0 radical (unpaired) electrons. The highest BCUT2D eigenvalue weighted by molar-refractivity contribution is 7.15. The molecule has 4 aromatic carbocycles. The molecule has 3 aromatic heterocycles. The summed E-state index contributed by atoms with van der Waals surface area (Å²) in [6.07, 6.45) is 12.1. The van der Waals surface area contributed by atoms with Crippen LogP contribution in [0.2, 0.25) is 0 Å². The predicted molar refractivity (Wildman–Crippen MR) is 232 cm³/mol. The van der Waals surface area contributed by atoms with E-state index in [-0.39, 0.29) is 23.9 Å². The molecule has 2 unspecified atom stereocenters. The number of amides is 3. The van der Waals surface area contributed by atoms with Gasteiger partial charge in [-0.25, -0.2) is 15.0 Å². The summed E-state index contributed by atoms with van der Waals surface area (Å²) < 4.78 is 5.04. The van der Waals surface area contributed by atoms with Crippen LogP contribution < -0.4 is 0 Å². The lowest BCUT2D eigenvalue weighted by atomic mass is 9.98. The van der Waals surface area contributed by atoms with Gasteiger partial charge >= 0.3 is 0 Å². The summed E-state index contributed by atoms with van der Waals surface area (Å²) in [5.41, 5.74) is 6.56. The second-order valence-electron chi connectivity index (χ2n) is 14.9. The Labute approximate surface area is 350 Å². The Balaban J connectivity index is 0.856. The molecule has 59 heavy (non-hydrogen) atoms. The van der Waals surface area contributed by atoms with Crippen molar-refractivity contribution in [1.82, 2.24) is 19.8 Å². The van der Waals surface area contributed by atoms with Gasteiger partial charge in [0.05, 0.1) is 46.0 Å². The van der Waals surface area contributed by atoms with Gasteiger partial charge in [-0.15, -0.1) is 22.7 Å². The van der Waals surface area contributed by atoms with Crippen LogP contribution in [0.15, 0.2) is 150 Å². The van der Waals surface area contributed by atoms with E-state index in [1.54, 1.807) is 28.7 Å². The second kappa shape index (κ2) is 17.3.